The molecule has 96 valence electrons. The Morgan fingerprint density at radius 3 is 2.65 bits per heavy atom. The van der Waals surface area contributed by atoms with Gasteiger partial charge >= 0.3 is 0 Å². The van der Waals surface area contributed by atoms with Gasteiger partial charge in [-0.15, -0.1) is 0 Å². The molecule has 0 radical (unpaired) electrons. The molecule has 0 heterocycles. The second kappa shape index (κ2) is 6.47. The van der Waals surface area contributed by atoms with E-state index in [-0.39, 0.29) is 5.75 Å². The second-order valence-corrected chi connectivity index (χ2v) is 4.44. The number of phenolic OH excluding ortho intramolecular Hbond substituents is 1. The first-order valence-electron chi connectivity index (χ1n) is 5.77. The largest absolute Gasteiger partial charge is 0.507 e. The van der Waals surface area contributed by atoms with E-state index in [0.717, 1.165) is 12.1 Å². The number of ether oxygens (including phenoxy) is 1. The van der Waals surface area contributed by atoms with E-state index in [1.54, 1.807) is 13.2 Å². The molecule has 17 heavy (non-hydrogen) atoms. The van der Waals surface area contributed by atoms with Gasteiger partial charge in [-0.2, -0.15) is 0 Å². The molecule has 0 aliphatic heterocycles. The highest BCUT2D eigenvalue weighted by molar-refractivity contribution is 5.39. The van der Waals surface area contributed by atoms with Gasteiger partial charge in [0, 0.05) is 30.8 Å². The molecule has 0 aliphatic rings. The van der Waals surface area contributed by atoms with Crippen molar-refractivity contribution in [1.82, 2.24) is 10.2 Å². The molecule has 1 aromatic rings. The lowest BCUT2D eigenvalue weighted by Crippen LogP contribution is -2.35. The van der Waals surface area contributed by atoms with Crippen LogP contribution in [0.15, 0.2) is 18.2 Å². The summed E-state index contributed by atoms with van der Waals surface area (Å²) in [6, 6.07) is 5.83. The third kappa shape index (κ3) is 4.24. The Kier molecular flexibility index (Phi) is 5.25. The van der Waals surface area contributed by atoms with Crippen LogP contribution in [0, 0.1) is 0 Å². The molecule has 0 aromatic heterocycles. The maximum atomic E-state index is 9.77. The average Bonchev–Trinajstić information content (AvgIpc) is 2.30. The SMILES string of the molecule is COc1ccc(CNCC(C)N(C)C)c(O)c1. The summed E-state index contributed by atoms with van der Waals surface area (Å²) in [6.07, 6.45) is 0. The zero-order valence-electron chi connectivity index (χ0n) is 11.0. The van der Waals surface area contributed by atoms with Crippen LogP contribution in [0.25, 0.3) is 0 Å². The molecule has 1 unspecified atom stereocenters. The Morgan fingerprint density at radius 1 is 1.41 bits per heavy atom. The van der Waals surface area contributed by atoms with Crippen LogP contribution in [0.5, 0.6) is 11.5 Å². The van der Waals surface area contributed by atoms with Crippen molar-refractivity contribution in [3.8, 4) is 11.5 Å². The predicted molar refractivity (Wildman–Crippen MR) is 69.5 cm³/mol. The number of likely N-dealkylation sites (N-methyl/N-ethyl adjacent to an activating group) is 1. The highest BCUT2D eigenvalue weighted by Crippen LogP contribution is 2.22. The zero-order valence-corrected chi connectivity index (χ0v) is 11.0. The van der Waals surface area contributed by atoms with Crippen molar-refractivity contribution in [3.63, 3.8) is 0 Å². The summed E-state index contributed by atoms with van der Waals surface area (Å²) < 4.78 is 5.04. The number of nitrogens with zero attached hydrogens (tertiary/aromatic N) is 1. The van der Waals surface area contributed by atoms with Gasteiger partial charge in [-0.3, -0.25) is 0 Å². The van der Waals surface area contributed by atoms with Crippen molar-refractivity contribution in [2.24, 2.45) is 0 Å². The summed E-state index contributed by atoms with van der Waals surface area (Å²) in [6.45, 7) is 3.70. The maximum Gasteiger partial charge on any atom is 0.123 e. The third-order valence-corrected chi connectivity index (χ3v) is 2.93. The zero-order chi connectivity index (χ0) is 12.8. The van der Waals surface area contributed by atoms with Crippen LogP contribution in [0.4, 0.5) is 0 Å². The fourth-order valence-electron chi connectivity index (χ4n) is 1.42. The first-order chi connectivity index (χ1) is 8.04. The molecule has 0 amide bonds. The highest BCUT2D eigenvalue weighted by atomic mass is 16.5. The van der Waals surface area contributed by atoms with Crippen molar-refractivity contribution >= 4 is 0 Å². The minimum Gasteiger partial charge on any atom is -0.507 e. The molecule has 4 heteroatoms. The quantitative estimate of drug-likeness (QED) is 0.787. The predicted octanol–water partition coefficient (Wildman–Crippen LogP) is 1.44. The maximum absolute atomic E-state index is 9.77. The van der Waals surface area contributed by atoms with Crippen LogP contribution in [0.3, 0.4) is 0 Å². The van der Waals surface area contributed by atoms with Crippen LogP contribution in [-0.2, 0) is 6.54 Å². The lowest BCUT2D eigenvalue weighted by atomic mass is 10.2. The molecule has 1 atom stereocenters. The van der Waals surface area contributed by atoms with E-state index in [4.69, 9.17) is 4.74 Å². The summed E-state index contributed by atoms with van der Waals surface area (Å²) in [7, 11) is 5.69. The Bertz CT molecular complexity index is 353. The highest BCUT2D eigenvalue weighted by Gasteiger charge is 2.06. The number of nitrogens with one attached hydrogen (secondary N) is 1. The molecule has 1 rings (SSSR count). The van der Waals surface area contributed by atoms with E-state index in [0.29, 0.717) is 18.3 Å². The summed E-state index contributed by atoms with van der Waals surface area (Å²) in [4.78, 5) is 2.15. The van der Waals surface area contributed by atoms with Gasteiger partial charge in [0.25, 0.3) is 0 Å². The normalized spacial score (nSPS) is 12.8. The lowest BCUT2D eigenvalue weighted by molar-refractivity contribution is 0.302. The number of benzene rings is 1. The minimum atomic E-state index is 0.273. The monoisotopic (exact) mass is 238 g/mol. The first kappa shape index (κ1) is 13.8. The molecule has 0 aliphatic carbocycles. The Morgan fingerprint density at radius 2 is 2.12 bits per heavy atom. The van der Waals surface area contributed by atoms with E-state index >= 15 is 0 Å². The molecule has 1 aromatic carbocycles. The Labute approximate surface area is 103 Å². The fraction of sp³-hybridized carbons (Fsp3) is 0.538. The van der Waals surface area contributed by atoms with Crippen LogP contribution in [0.1, 0.15) is 12.5 Å². The number of methoxy groups -OCH3 is 1. The van der Waals surface area contributed by atoms with Gasteiger partial charge in [0.2, 0.25) is 0 Å². The lowest BCUT2D eigenvalue weighted by Gasteiger charge is -2.20. The van der Waals surface area contributed by atoms with E-state index in [9.17, 15) is 5.11 Å². The van der Waals surface area contributed by atoms with Gasteiger partial charge in [0.05, 0.1) is 7.11 Å². The minimum absolute atomic E-state index is 0.273. The molecule has 0 spiro atoms. The number of hydrogen-bond acceptors (Lipinski definition) is 4. The van der Waals surface area contributed by atoms with Crippen molar-refractivity contribution < 1.29 is 9.84 Å². The molecule has 4 nitrogen and oxygen atoms in total. The van der Waals surface area contributed by atoms with E-state index < -0.39 is 0 Å². The summed E-state index contributed by atoms with van der Waals surface area (Å²) in [5.74, 6) is 0.947. The third-order valence-electron chi connectivity index (χ3n) is 2.93. The van der Waals surface area contributed by atoms with Gasteiger partial charge in [0.1, 0.15) is 11.5 Å². The van der Waals surface area contributed by atoms with Crippen molar-refractivity contribution in [1.29, 1.82) is 0 Å². The Balaban J connectivity index is 2.47. The number of rotatable bonds is 6. The van der Waals surface area contributed by atoms with Gasteiger partial charge in [0.15, 0.2) is 0 Å². The molecule has 2 N–H and O–H groups in total. The van der Waals surface area contributed by atoms with Crippen LogP contribution < -0.4 is 10.1 Å². The van der Waals surface area contributed by atoms with E-state index in [1.165, 1.54) is 0 Å². The van der Waals surface area contributed by atoms with Crippen molar-refractivity contribution in [2.75, 3.05) is 27.7 Å². The topological polar surface area (TPSA) is 44.7 Å². The van der Waals surface area contributed by atoms with E-state index in [2.05, 4.69) is 31.2 Å². The fourth-order valence-corrected chi connectivity index (χ4v) is 1.42. The van der Waals surface area contributed by atoms with Crippen molar-refractivity contribution in [3.05, 3.63) is 23.8 Å². The van der Waals surface area contributed by atoms with Crippen LogP contribution in [0.2, 0.25) is 0 Å². The standard InChI is InChI=1S/C13H22N2O2/c1-10(15(2)3)8-14-9-11-5-6-12(17-4)7-13(11)16/h5-7,10,14,16H,8-9H2,1-4H3. The first-order valence-corrected chi connectivity index (χ1v) is 5.77. The van der Waals surface area contributed by atoms with Gasteiger partial charge in [-0.1, -0.05) is 6.07 Å². The van der Waals surface area contributed by atoms with Crippen molar-refractivity contribution in [2.45, 2.75) is 19.5 Å². The molecule has 0 bridgehead atoms. The number of hydrogen-bond donors (Lipinski definition) is 2. The second-order valence-electron chi connectivity index (χ2n) is 4.44. The van der Waals surface area contributed by atoms with Crippen LogP contribution >= 0.6 is 0 Å². The molecule has 0 fully saturated rings. The van der Waals surface area contributed by atoms with Gasteiger partial charge in [-0.05, 0) is 27.1 Å². The van der Waals surface area contributed by atoms with Gasteiger partial charge in [-0.25, -0.2) is 0 Å². The molecule has 0 saturated carbocycles. The average molecular weight is 238 g/mol. The smallest absolute Gasteiger partial charge is 0.123 e. The molecule has 0 saturated heterocycles. The molecular formula is C13H22N2O2. The summed E-state index contributed by atoms with van der Waals surface area (Å²) in [5.41, 5.74) is 0.886. The van der Waals surface area contributed by atoms with E-state index in [1.807, 2.05) is 12.1 Å². The number of aromatic hydroxyl groups is 1. The molecular weight excluding hydrogens is 216 g/mol. The number of phenols is 1. The van der Waals surface area contributed by atoms with Gasteiger partial charge < -0.3 is 20.1 Å². The summed E-state index contributed by atoms with van der Waals surface area (Å²) >= 11 is 0. The van der Waals surface area contributed by atoms with Crippen LogP contribution in [-0.4, -0.2) is 43.8 Å². The Hall–Kier alpha value is -1.26. The summed E-state index contributed by atoms with van der Waals surface area (Å²) in [5, 5.41) is 13.1.